The van der Waals surface area contributed by atoms with Gasteiger partial charge in [0.25, 0.3) is 0 Å². The van der Waals surface area contributed by atoms with Gasteiger partial charge in [-0.1, -0.05) is 37.6 Å². The number of carboxylic acid groups (broad SMARTS) is 1. The van der Waals surface area contributed by atoms with Gasteiger partial charge in [0.05, 0.1) is 32.2 Å². The Bertz CT molecular complexity index is 1140. The summed E-state index contributed by atoms with van der Waals surface area (Å²) in [5.41, 5.74) is 7.75. The predicted molar refractivity (Wildman–Crippen MR) is 153 cm³/mol. The number of ether oxygens (including phenoxy) is 3. The fourth-order valence-corrected chi connectivity index (χ4v) is 5.82. The van der Waals surface area contributed by atoms with Gasteiger partial charge >= 0.3 is 5.97 Å². The van der Waals surface area contributed by atoms with E-state index in [1.54, 1.807) is 13.2 Å². The number of methoxy groups -OCH3 is 1. The number of fused-ring (bicyclic) bond motifs is 1. The molecule has 40 heavy (non-hydrogen) atoms. The van der Waals surface area contributed by atoms with Gasteiger partial charge < -0.3 is 30.0 Å². The van der Waals surface area contributed by atoms with Crippen LogP contribution in [0.2, 0.25) is 0 Å². The summed E-state index contributed by atoms with van der Waals surface area (Å²) in [7, 11) is 1.58. The molecule has 2 heterocycles. The van der Waals surface area contributed by atoms with Crippen molar-refractivity contribution in [2.24, 2.45) is 11.7 Å². The molecule has 218 valence electrons. The van der Waals surface area contributed by atoms with Crippen LogP contribution in [0.15, 0.2) is 42.5 Å². The van der Waals surface area contributed by atoms with E-state index in [4.69, 9.17) is 19.9 Å². The van der Waals surface area contributed by atoms with E-state index in [0.29, 0.717) is 44.3 Å². The van der Waals surface area contributed by atoms with Crippen molar-refractivity contribution in [1.29, 1.82) is 0 Å². The van der Waals surface area contributed by atoms with Crippen LogP contribution in [0.25, 0.3) is 0 Å². The number of carbonyl (C=O) groups excluding carboxylic acids is 1. The summed E-state index contributed by atoms with van der Waals surface area (Å²) < 4.78 is 17.3. The number of amides is 1. The fraction of sp³-hybridized carbons (Fsp3) is 0.548. The largest absolute Gasteiger partial charge is 0.493 e. The molecule has 0 radical (unpaired) electrons. The molecular weight excluding hydrogens is 510 g/mol. The number of hydrogen-bond donors (Lipinski definition) is 2. The quantitative estimate of drug-likeness (QED) is 0.322. The number of likely N-dealkylation sites (tertiary alicyclic amines) is 1. The zero-order chi connectivity index (χ0) is 28.5. The van der Waals surface area contributed by atoms with E-state index in [9.17, 15) is 14.7 Å². The first-order valence-electron chi connectivity index (χ1n) is 14.4. The van der Waals surface area contributed by atoms with Gasteiger partial charge in [0, 0.05) is 32.0 Å². The van der Waals surface area contributed by atoms with Gasteiger partial charge in [-0.15, -0.1) is 0 Å². The molecular formula is C31H43N3O6. The molecule has 2 aliphatic rings. The second kappa shape index (κ2) is 14.4. The number of nitrogens with two attached hydrogens (primary N) is 1. The molecule has 1 fully saturated rings. The zero-order valence-electron chi connectivity index (χ0n) is 23.7. The van der Waals surface area contributed by atoms with E-state index >= 15 is 0 Å². The lowest BCUT2D eigenvalue weighted by molar-refractivity contribution is -0.144. The van der Waals surface area contributed by atoms with Crippen LogP contribution < -0.4 is 19.9 Å². The highest BCUT2D eigenvalue weighted by Crippen LogP contribution is 2.40. The number of unbranched alkanes of at least 4 members (excludes halogenated alkanes) is 2. The van der Waals surface area contributed by atoms with Crippen LogP contribution in [0, 0.1) is 5.92 Å². The summed E-state index contributed by atoms with van der Waals surface area (Å²) in [5.74, 6) is 0.0745. The molecule has 0 spiro atoms. The maximum absolute atomic E-state index is 13.6. The van der Waals surface area contributed by atoms with E-state index in [1.807, 2.05) is 40.1 Å². The summed E-state index contributed by atoms with van der Waals surface area (Å²) in [5, 5.41) is 10.5. The standard InChI is InChI=1S/C31H43N3O6/c1-3-4-15-33(16-8-7-14-32)29(35)20-34-19-24(22-11-12-26-23(18-22)13-17-39-26)30(31(36)37)25(34)21-40-28-10-6-5-9-27(28)38-2/h5-6,9-12,18,24-25,30H,3-4,7-8,13-17,19-21,32H2,1-2H3,(H,36,37)/t24-,25+,30?/m1/s1. The number of benzene rings is 2. The Balaban J connectivity index is 1.60. The lowest BCUT2D eigenvalue weighted by atomic mass is 9.84. The predicted octanol–water partition coefficient (Wildman–Crippen LogP) is 3.55. The van der Waals surface area contributed by atoms with E-state index in [-0.39, 0.29) is 25.0 Å². The molecule has 4 rings (SSSR count). The van der Waals surface area contributed by atoms with Gasteiger partial charge in [0.15, 0.2) is 11.5 Å². The number of nitrogens with zero attached hydrogens (tertiary/aromatic N) is 2. The van der Waals surface area contributed by atoms with Crippen molar-refractivity contribution in [3.63, 3.8) is 0 Å². The Morgan fingerprint density at radius 1 is 1.12 bits per heavy atom. The first-order valence-corrected chi connectivity index (χ1v) is 14.4. The van der Waals surface area contributed by atoms with Gasteiger partial charge in [0.1, 0.15) is 12.4 Å². The highest BCUT2D eigenvalue weighted by molar-refractivity contribution is 5.79. The van der Waals surface area contributed by atoms with E-state index < -0.39 is 17.9 Å². The summed E-state index contributed by atoms with van der Waals surface area (Å²) in [6, 6.07) is 12.8. The van der Waals surface area contributed by atoms with E-state index in [2.05, 4.69) is 13.0 Å². The van der Waals surface area contributed by atoms with Crippen molar-refractivity contribution < 1.29 is 28.9 Å². The highest BCUT2D eigenvalue weighted by atomic mass is 16.5. The summed E-state index contributed by atoms with van der Waals surface area (Å²) >= 11 is 0. The second-order valence-electron chi connectivity index (χ2n) is 10.6. The highest BCUT2D eigenvalue weighted by Gasteiger charge is 2.48. The topological polar surface area (TPSA) is 115 Å². The number of carboxylic acids is 1. The van der Waals surface area contributed by atoms with Crippen molar-refractivity contribution >= 4 is 11.9 Å². The molecule has 3 atom stereocenters. The van der Waals surface area contributed by atoms with Crippen molar-refractivity contribution in [3.8, 4) is 17.2 Å². The Morgan fingerprint density at radius 2 is 1.90 bits per heavy atom. The first kappa shape index (κ1) is 29.7. The van der Waals surface area contributed by atoms with Crippen LogP contribution in [-0.2, 0) is 16.0 Å². The summed E-state index contributed by atoms with van der Waals surface area (Å²) in [6.07, 6.45) is 4.44. The van der Waals surface area contributed by atoms with Crippen LogP contribution in [0.3, 0.4) is 0 Å². The molecule has 1 saturated heterocycles. The molecule has 0 bridgehead atoms. The van der Waals surface area contributed by atoms with E-state index in [1.165, 1.54) is 0 Å². The van der Waals surface area contributed by atoms with E-state index in [0.717, 1.165) is 49.0 Å². The van der Waals surface area contributed by atoms with Crippen molar-refractivity contribution in [2.75, 3.05) is 53.0 Å². The minimum absolute atomic E-state index is 0.0138. The average molecular weight is 554 g/mol. The minimum atomic E-state index is -0.892. The third kappa shape index (κ3) is 7.06. The molecule has 3 N–H and O–H groups in total. The summed E-state index contributed by atoms with van der Waals surface area (Å²) in [6.45, 7) is 5.40. The number of para-hydroxylation sites is 2. The lowest BCUT2D eigenvalue weighted by Crippen LogP contribution is -2.46. The van der Waals surface area contributed by atoms with Crippen LogP contribution in [0.4, 0.5) is 0 Å². The molecule has 0 aromatic heterocycles. The van der Waals surface area contributed by atoms with Gasteiger partial charge in [0.2, 0.25) is 5.91 Å². The molecule has 0 aliphatic carbocycles. The van der Waals surface area contributed by atoms with Crippen LogP contribution in [0.1, 0.15) is 49.7 Å². The fourth-order valence-electron chi connectivity index (χ4n) is 5.82. The second-order valence-corrected chi connectivity index (χ2v) is 10.6. The zero-order valence-corrected chi connectivity index (χ0v) is 23.7. The first-order chi connectivity index (χ1) is 19.5. The van der Waals surface area contributed by atoms with Crippen LogP contribution in [-0.4, -0.2) is 85.9 Å². The lowest BCUT2D eigenvalue weighted by Gasteiger charge is -2.29. The Morgan fingerprint density at radius 3 is 2.62 bits per heavy atom. The van der Waals surface area contributed by atoms with Crippen molar-refractivity contribution in [2.45, 2.75) is 51.0 Å². The molecule has 2 aliphatic heterocycles. The Kier molecular flexibility index (Phi) is 10.7. The van der Waals surface area contributed by atoms with Gasteiger partial charge in [-0.25, -0.2) is 0 Å². The van der Waals surface area contributed by atoms with Gasteiger partial charge in [-0.05, 0) is 55.1 Å². The molecule has 1 unspecified atom stereocenters. The van der Waals surface area contributed by atoms with Gasteiger partial charge in [-0.2, -0.15) is 0 Å². The Hall–Kier alpha value is -3.30. The third-order valence-corrected chi connectivity index (χ3v) is 8.01. The Labute approximate surface area is 237 Å². The number of carbonyl (C=O) groups is 2. The van der Waals surface area contributed by atoms with Crippen molar-refractivity contribution in [3.05, 3.63) is 53.6 Å². The maximum Gasteiger partial charge on any atom is 0.308 e. The maximum atomic E-state index is 13.6. The minimum Gasteiger partial charge on any atom is -0.493 e. The van der Waals surface area contributed by atoms with Crippen LogP contribution >= 0.6 is 0 Å². The molecule has 0 saturated carbocycles. The smallest absolute Gasteiger partial charge is 0.308 e. The third-order valence-electron chi connectivity index (χ3n) is 8.01. The number of hydrogen-bond acceptors (Lipinski definition) is 7. The molecule has 9 nitrogen and oxygen atoms in total. The number of aliphatic carboxylic acids is 1. The van der Waals surface area contributed by atoms with Crippen LogP contribution in [0.5, 0.6) is 17.2 Å². The normalized spacial score (nSPS) is 20.1. The van der Waals surface area contributed by atoms with Crippen molar-refractivity contribution in [1.82, 2.24) is 9.80 Å². The molecule has 9 heteroatoms. The SMILES string of the molecule is CCCCN(CCCCN)C(=O)CN1C[C@H](c2ccc3c(c2)CCO3)C(C(=O)O)[C@@H]1COc1ccccc1OC. The van der Waals surface area contributed by atoms with Gasteiger partial charge in [-0.3, -0.25) is 14.5 Å². The average Bonchev–Trinajstić information content (AvgIpc) is 3.58. The number of rotatable bonds is 15. The monoisotopic (exact) mass is 553 g/mol. The summed E-state index contributed by atoms with van der Waals surface area (Å²) in [4.78, 5) is 30.3. The molecule has 2 aromatic rings. The molecule has 1 amide bonds. The molecule has 2 aromatic carbocycles.